The Kier molecular flexibility index (Phi) is 3.07. The van der Waals surface area contributed by atoms with E-state index in [9.17, 15) is 0 Å². The molecule has 1 aromatic rings. The minimum Gasteiger partial charge on any atom is -0.319 e. The number of hydrogen-bond acceptors (Lipinski definition) is 4. The third-order valence-corrected chi connectivity index (χ3v) is 2.02. The van der Waals surface area contributed by atoms with Gasteiger partial charge in [0.05, 0.1) is 6.54 Å². The van der Waals surface area contributed by atoms with Crippen LogP contribution in [0.2, 0.25) is 0 Å². The molecule has 60 valence electrons. The summed E-state index contributed by atoms with van der Waals surface area (Å²) in [6.45, 7) is 4.37. The lowest BCUT2D eigenvalue weighted by molar-refractivity contribution is 0.324. The minimum atomic E-state index is 0.764. The van der Waals surface area contributed by atoms with Crippen molar-refractivity contribution in [2.24, 2.45) is 0 Å². The van der Waals surface area contributed by atoms with E-state index in [1.165, 1.54) is 0 Å². The maximum absolute atomic E-state index is 4.12. The molecule has 1 rings (SSSR count). The molecular weight excluding hydrogens is 158 g/mol. The molecule has 0 radical (unpaired) electrons. The second-order valence-corrected chi connectivity index (χ2v) is 3.03. The number of rotatable bonds is 4. The van der Waals surface area contributed by atoms with Crippen molar-refractivity contribution < 1.29 is 0 Å². The van der Waals surface area contributed by atoms with Gasteiger partial charge in [0.1, 0.15) is 5.01 Å². The van der Waals surface area contributed by atoms with Crippen molar-refractivity contribution in [2.75, 3.05) is 7.05 Å². The van der Waals surface area contributed by atoms with Crippen LogP contribution >= 0.6 is 11.3 Å². The maximum Gasteiger partial charge on any atom is 0.108 e. The van der Waals surface area contributed by atoms with Crippen LogP contribution in [0.15, 0.2) is 24.4 Å². The van der Waals surface area contributed by atoms with E-state index >= 15 is 0 Å². The van der Waals surface area contributed by atoms with Gasteiger partial charge in [0, 0.05) is 24.8 Å². The van der Waals surface area contributed by atoms with Crippen LogP contribution in [0.1, 0.15) is 5.01 Å². The molecule has 0 aliphatic carbocycles. The summed E-state index contributed by atoms with van der Waals surface area (Å²) in [4.78, 5) is 4.12. The highest BCUT2D eigenvalue weighted by molar-refractivity contribution is 7.09. The van der Waals surface area contributed by atoms with Crippen molar-refractivity contribution in [2.45, 2.75) is 6.54 Å². The summed E-state index contributed by atoms with van der Waals surface area (Å²) < 4.78 is 0. The highest BCUT2D eigenvalue weighted by Crippen LogP contribution is 2.02. The molecule has 1 heterocycles. The Hall–Kier alpha value is -0.870. The zero-order valence-electron chi connectivity index (χ0n) is 6.45. The first-order chi connectivity index (χ1) is 5.33. The first-order valence-electron chi connectivity index (χ1n) is 3.30. The molecule has 0 aliphatic rings. The Balaban J connectivity index is 2.28. The number of nitrogens with one attached hydrogen (secondary N) is 1. The van der Waals surface area contributed by atoms with E-state index in [-0.39, 0.29) is 0 Å². The van der Waals surface area contributed by atoms with Crippen molar-refractivity contribution in [3.8, 4) is 0 Å². The third kappa shape index (κ3) is 2.69. The van der Waals surface area contributed by atoms with Crippen LogP contribution in [-0.4, -0.2) is 17.0 Å². The maximum atomic E-state index is 4.12. The third-order valence-electron chi connectivity index (χ3n) is 1.24. The summed E-state index contributed by atoms with van der Waals surface area (Å²) in [7, 11) is 1.90. The van der Waals surface area contributed by atoms with Gasteiger partial charge >= 0.3 is 0 Å². The van der Waals surface area contributed by atoms with Crippen molar-refractivity contribution >= 4 is 11.3 Å². The number of hydrazine groups is 1. The van der Waals surface area contributed by atoms with E-state index in [0.29, 0.717) is 0 Å². The highest BCUT2D eigenvalue weighted by atomic mass is 32.1. The molecule has 1 aromatic heterocycles. The molecule has 0 fully saturated rings. The first-order valence-corrected chi connectivity index (χ1v) is 4.18. The fourth-order valence-corrected chi connectivity index (χ4v) is 1.15. The van der Waals surface area contributed by atoms with E-state index < -0.39 is 0 Å². The average Bonchev–Trinajstić information content (AvgIpc) is 2.52. The van der Waals surface area contributed by atoms with Crippen LogP contribution in [0.3, 0.4) is 0 Å². The van der Waals surface area contributed by atoms with Gasteiger partial charge in [-0.15, -0.1) is 11.3 Å². The molecule has 0 saturated heterocycles. The normalized spacial score (nSPS) is 9.55. The van der Waals surface area contributed by atoms with Crippen molar-refractivity contribution in [1.82, 2.24) is 15.4 Å². The van der Waals surface area contributed by atoms with Gasteiger partial charge in [-0.1, -0.05) is 6.58 Å². The van der Waals surface area contributed by atoms with Crippen LogP contribution in [0.25, 0.3) is 0 Å². The summed E-state index contributed by atoms with van der Waals surface area (Å²) in [5.41, 5.74) is 3.10. The SMILES string of the molecule is C=CN(C)NCc1nccs1. The summed E-state index contributed by atoms with van der Waals surface area (Å²) in [6.07, 6.45) is 3.52. The molecule has 11 heavy (non-hydrogen) atoms. The quantitative estimate of drug-likeness (QED) is 0.687. The van der Waals surface area contributed by atoms with Crippen LogP contribution in [0.5, 0.6) is 0 Å². The van der Waals surface area contributed by atoms with E-state index in [0.717, 1.165) is 11.6 Å². The number of hydrogen-bond donors (Lipinski definition) is 1. The minimum absolute atomic E-state index is 0.764. The molecule has 0 atom stereocenters. The van der Waals surface area contributed by atoms with Crippen LogP contribution in [-0.2, 0) is 6.54 Å². The largest absolute Gasteiger partial charge is 0.319 e. The van der Waals surface area contributed by atoms with Crippen molar-refractivity contribution in [3.05, 3.63) is 29.4 Å². The fourth-order valence-electron chi connectivity index (χ4n) is 0.597. The van der Waals surface area contributed by atoms with Crippen LogP contribution in [0, 0.1) is 0 Å². The van der Waals surface area contributed by atoms with E-state index in [1.54, 1.807) is 28.7 Å². The summed E-state index contributed by atoms with van der Waals surface area (Å²) in [6, 6.07) is 0. The smallest absolute Gasteiger partial charge is 0.108 e. The van der Waals surface area contributed by atoms with Gasteiger partial charge < -0.3 is 5.01 Å². The molecular formula is C7H11N3S. The van der Waals surface area contributed by atoms with Gasteiger partial charge in [0.25, 0.3) is 0 Å². The molecule has 0 aromatic carbocycles. The summed E-state index contributed by atoms with van der Waals surface area (Å²) in [5, 5.41) is 4.85. The summed E-state index contributed by atoms with van der Waals surface area (Å²) >= 11 is 1.64. The lowest BCUT2D eigenvalue weighted by atomic mass is 10.7. The molecule has 3 nitrogen and oxygen atoms in total. The fraction of sp³-hybridized carbons (Fsp3) is 0.286. The number of aromatic nitrogens is 1. The molecule has 0 unspecified atom stereocenters. The standard InChI is InChI=1S/C7H11N3S/c1-3-10(2)9-6-7-8-4-5-11-7/h3-5,9H,1,6H2,2H3. The molecule has 0 saturated carbocycles. The van der Waals surface area contributed by atoms with E-state index in [2.05, 4.69) is 17.0 Å². The molecule has 4 heteroatoms. The average molecular weight is 169 g/mol. The number of thiazole rings is 1. The first kappa shape index (κ1) is 8.23. The van der Waals surface area contributed by atoms with Crippen LogP contribution in [0.4, 0.5) is 0 Å². The molecule has 0 amide bonds. The number of nitrogens with zero attached hydrogens (tertiary/aromatic N) is 2. The Morgan fingerprint density at radius 2 is 2.73 bits per heavy atom. The Bertz CT molecular complexity index is 207. The molecule has 0 aliphatic heterocycles. The zero-order chi connectivity index (χ0) is 8.10. The molecule has 0 bridgehead atoms. The Morgan fingerprint density at radius 1 is 1.91 bits per heavy atom. The summed E-state index contributed by atoms with van der Waals surface area (Å²) in [5.74, 6) is 0. The lowest BCUT2D eigenvalue weighted by Gasteiger charge is -2.12. The Morgan fingerprint density at radius 3 is 3.27 bits per heavy atom. The van der Waals surface area contributed by atoms with Crippen molar-refractivity contribution in [3.63, 3.8) is 0 Å². The highest BCUT2D eigenvalue weighted by Gasteiger charge is 1.93. The van der Waals surface area contributed by atoms with E-state index in [4.69, 9.17) is 0 Å². The molecule has 0 spiro atoms. The van der Waals surface area contributed by atoms with Gasteiger partial charge in [-0.25, -0.2) is 10.4 Å². The Labute approximate surface area is 70.3 Å². The second kappa shape index (κ2) is 4.10. The van der Waals surface area contributed by atoms with Crippen LogP contribution < -0.4 is 5.43 Å². The van der Waals surface area contributed by atoms with Gasteiger partial charge in [-0.05, 0) is 0 Å². The van der Waals surface area contributed by atoms with E-state index in [1.807, 2.05) is 12.4 Å². The predicted octanol–water partition coefficient (Wildman–Crippen LogP) is 1.22. The van der Waals surface area contributed by atoms with Crippen molar-refractivity contribution in [1.29, 1.82) is 0 Å². The zero-order valence-corrected chi connectivity index (χ0v) is 7.27. The topological polar surface area (TPSA) is 28.2 Å². The van der Waals surface area contributed by atoms with Gasteiger partial charge in [0.2, 0.25) is 0 Å². The molecule has 1 N–H and O–H groups in total. The van der Waals surface area contributed by atoms with Gasteiger partial charge in [-0.3, -0.25) is 0 Å². The van der Waals surface area contributed by atoms with Gasteiger partial charge in [-0.2, -0.15) is 0 Å². The van der Waals surface area contributed by atoms with Gasteiger partial charge in [0.15, 0.2) is 0 Å². The lowest BCUT2D eigenvalue weighted by Crippen LogP contribution is -2.28. The second-order valence-electron chi connectivity index (χ2n) is 2.05. The monoisotopic (exact) mass is 169 g/mol. The predicted molar refractivity (Wildman–Crippen MR) is 46.9 cm³/mol.